The molecule has 2 N–H and O–H groups in total. The van der Waals surface area contributed by atoms with Gasteiger partial charge in [-0.2, -0.15) is 13.2 Å². The quantitative estimate of drug-likeness (QED) is 0.648. The monoisotopic (exact) mass is 427 g/mol. The summed E-state index contributed by atoms with van der Waals surface area (Å²) in [6.45, 7) is 2.09. The molecule has 0 aliphatic carbocycles. The molecule has 162 valence electrons. The average Bonchev–Trinajstić information content (AvgIpc) is 2.62. The number of anilines is 1. The molecule has 0 radical (unpaired) electrons. The molecule has 0 fully saturated rings. The van der Waals surface area contributed by atoms with Crippen molar-refractivity contribution in [3.8, 4) is 5.75 Å². The molecule has 0 bridgehead atoms. The van der Waals surface area contributed by atoms with E-state index in [9.17, 15) is 32.2 Å². The number of nitrogens with zero attached hydrogens (tertiary/aromatic N) is 1. The lowest BCUT2D eigenvalue weighted by Gasteiger charge is -2.42. The number of phenols is 1. The summed E-state index contributed by atoms with van der Waals surface area (Å²) in [7, 11) is 0. The van der Waals surface area contributed by atoms with Crippen molar-refractivity contribution in [3.05, 3.63) is 65.2 Å². The number of aromatic hydroxyl groups is 1. The zero-order chi connectivity index (χ0) is 22.3. The summed E-state index contributed by atoms with van der Waals surface area (Å²) >= 11 is 0. The van der Waals surface area contributed by atoms with Gasteiger partial charge < -0.3 is 15.1 Å². The van der Waals surface area contributed by atoms with Crippen molar-refractivity contribution in [2.24, 2.45) is 0 Å². The van der Waals surface area contributed by atoms with Gasteiger partial charge in [-0.15, -0.1) is 0 Å². The first-order valence-corrected chi connectivity index (χ1v) is 9.32. The highest BCUT2D eigenvalue weighted by molar-refractivity contribution is 5.71. The predicted octanol–water partition coefficient (Wildman–Crippen LogP) is 5.16. The van der Waals surface area contributed by atoms with E-state index in [0.29, 0.717) is 11.3 Å². The molecule has 1 heterocycles. The Kier molecular flexibility index (Phi) is 5.58. The van der Waals surface area contributed by atoms with Gasteiger partial charge in [-0.1, -0.05) is 26.0 Å². The predicted molar refractivity (Wildman–Crippen MR) is 104 cm³/mol. The molecule has 1 aliphatic heterocycles. The van der Waals surface area contributed by atoms with Crippen LogP contribution in [0.1, 0.15) is 31.4 Å². The normalized spacial score (nSPS) is 16.3. The van der Waals surface area contributed by atoms with Crippen molar-refractivity contribution in [2.75, 3.05) is 18.0 Å². The molecule has 8 heteroatoms. The lowest BCUT2D eigenvalue weighted by Crippen LogP contribution is -2.56. The molecule has 3 rings (SSSR count). The summed E-state index contributed by atoms with van der Waals surface area (Å²) in [6.07, 6.45) is -2.63. The van der Waals surface area contributed by atoms with Gasteiger partial charge in [0.1, 0.15) is 17.4 Å². The van der Waals surface area contributed by atoms with Crippen molar-refractivity contribution in [3.63, 3.8) is 0 Å². The number of hydrogen-bond acceptors (Lipinski definition) is 3. The molecule has 1 unspecified atom stereocenters. The Morgan fingerprint density at radius 2 is 1.63 bits per heavy atom. The van der Waals surface area contributed by atoms with E-state index in [-0.39, 0.29) is 17.9 Å². The molecule has 0 saturated carbocycles. The lowest BCUT2D eigenvalue weighted by atomic mass is 9.74. The van der Waals surface area contributed by atoms with Crippen LogP contribution in [0, 0.1) is 11.6 Å². The topological polar surface area (TPSA) is 43.7 Å². The van der Waals surface area contributed by atoms with Gasteiger partial charge in [0.25, 0.3) is 0 Å². The minimum Gasteiger partial charge on any atom is -0.508 e. The third-order valence-electron chi connectivity index (χ3n) is 5.36. The van der Waals surface area contributed by atoms with Gasteiger partial charge in [-0.05, 0) is 48.2 Å². The van der Waals surface area contributed by atoms with E-state index in [4.69, 9.17) is 0 Å². The van der Waals surface area contributed by atoms with Gasteiger partial charge in [0.2, 0.25) is 0 Å². The Morgan fingerprint density at radius 3 is 2.30 bits per heavy atom. The van der Waals surface area contributed by atoms with Crippen LogP contribution in [0.2, 0.25) is 0 Å². The molecule has 2 aromatic rings. The van der Waals surface area contributed by atoms with Crippen LogP contribution in [0.5, 0.6) is 5.75 Å². The van der Waals surface area contributed by atoms with Crippen molar-refractivity contribution < 1.29 is 32.2 Å². The zero-order valence-electron chi connectivity index (χ0n) is 16.5. The van der Waals surface area contributed by atoms with Gasteiger partial charge >= 0.3 is 6.18 Å². The van der Waals surface area contributed by atoms with Crippen molar-refractivity contribution in [1.82, 2.24) is 0 Å². The van der Waals surface area contributed by atoms with Gasteiger partial charge in [0.05, 0.1) is 6.54 Å². The number of alkyl halides is 3. The molecule has 2 aromatic carbocycles. The smallest absolute Gasteiger partial charge is 0.418 e. The van der Waals surface area contributed by atoms with Gasteiger partial charge in [0.15, 0.2) is 5.60 Å². The number of fused-ring (bicyclic) bond motifs is 1. The van der Waals surface area contributed by atoms with Crippen LogP contribution in [0.25, 0.3) is 6.08 Å². The van der Waals surface area contributed by atoms with Gasteiger partial charge in [0, 0.05) is 23.4 Å². The second-order valence-corrected chi connectivity index (χ2v) is 8.24. The van der Waals surface area contributed by atoms with Crippen LogP contribution < -0.4 is 4.90 Å². The fraction of sp³-hybridized carbons (Fsp3) is 0.364. The summed E-state index contributed by atoms with van der Waals surface area (Å²) in [4.78, 5) is 1.32. The number of phenolic OH excluding ortho intramolecular Hbond substituents is 1. The Morgan fingerprint density at radius 1 is 1.00 bits per heavy atom. The van der Waals surface area contributed by atoms with Crippen LogP contribution in [0.3, 0.4) is 0 Å². The number of rotatable bonds is 5. The van der Waals surface area contributed by atoms with Gasteiger partial charge in [-0.25, -0.2) is 8.78 Å². The Balaban J connectivity index is 1.96. The molecule has 1 atom stereocenters. The first kappa shape index (κ1) is 22.1. The highest BCUT2D eigenvalue weighted by atomic mass is 19.4. The second-order valence-electron chi connectivity index (χ2n) is 8.24. The number of β-amino-alcohol motifs (C(OH)–C–C–N with tert-alkyl or cyclic N) is 1. The summed E-state index contributed by atoms with van der Waals surface area (Å²) in [5.41, 5.74) is -3.84. The first-order valence-electron chi connectivity index (χ1n) is 9.32. The van der Waals surface area contributed by atoms with Gasteiger partial charge in [-0.3, -0.25) is 0 Å². The largest absolute Gasteiger partial charge is 0.508 e. The maximum Gasteiger partial charge on any atom is 0.418 e. The number of halogens is 5. The Bertz CT molecular complexity index is 970. The maximum absolute atomic E-state index is 14.0. The molecule has 3 nitrogen and oxygen atoms in total. The first-order chi connectivity index (χ1) is 13.8. The van der Waals surface area contributed by atoms with Crippen LogP contribution in [0.15, 0.2) is 42.5 Å². The number of aliphatic hydroxyl groups is 1. The van der Waals surface area contributed by atoms with E-state index in [1.807, 2.05) is 0 Å². The molecule has 0 amide bonds. The van der Waals surface area contributed by atoms with E-state index < -0.39 is 41.8 Å². The fourth-order valence-corrected chi connectivity index (χ4v) is 3.94. The standard InChI is InChI=1S/C22H22F5NO2/c1-20(2,17-11-16(24)6-8-19(17)29)12-21(30,22(25,26)27)13-28-9-3-4-14-10-15(23)5-7-18(14)28/h3-8,10-11,29-30H,9,12-13H2,1-2H3. The number of benzene rings is 2. The fourth-order valence-electron chi connectivity index (χ4n) is 3.94. The van der Waals surface area contributed by atoms with E-state index in [2.05, 4.69) is 0 Å². The molecular formula is C22H22F5NO2. The molecular weight excluding hydrogens is 405 g/mol. The van der Waals surface area contributed by atoms with E-state index in [1.54, 1.807) is 12.2 Å². The van der Waals surface area contributed by atoms with Crippen LogP contribution >= 0.6 is 0 Å². The summed E-state index contributed by atoms with van der Waals surface area (Å²) in [6, 6.07) is 6.76. The average molecular weight is 427 g/mol. The third-order valence-corrected chi connectivity index (χ3v) is 5.36. The highest BCUT2D eigenvalue weighted by Crippen LogP contribution is 2.44. The van der Waals surface area contributed by atoms with Crippen molar-refractivity contribution >= 4 is 11.8 Å². The third kappa shape index (κ3) is 4.28. The van der Waals surface area contributed by atoms with Crippen LogP contribution in [-0.2, 0) is 5.41 Å². The molecule has 0 saturated heterocycles. The van der Waals surface area contributed by atoms with E-state index in [1.165, 1.54) is 30.9 Å². The summed E-state index contributed by atoms with van der Waals surface area (Å²) in [5.74, 6) is -1.58. The minimum absolute atomic E-state index is 0.0359. The number of hydrogen-bond donors (Lipinski definition) is 2. The van der Waals surface area contributed by atoms with E-state index >= 15 is 0 Å². The SMILES string of the molecule is CC(C)(CC(O)(CN1CC=Cc2cc(F)ccc21)C(F)(F)F)c1cc(F)ccc1O. The zero-order valence-corrected chi connectivity index (χ0v) is 16.5. The Hall–Kier alpha value is -2.61. The van der Waals surface area contributed by atoms with Crippen LogP contribution in [-0.4, -0.2) is 35.1 Å². The second kappa shape index (κ2) is 7.58. The molecule has 30 heavy (non-hydrogen) atoms. The molecule has 1 aliphatic rings. The minimum atomic E-state index is -5.01. The summed E-state index contributed by atoms with van der Waals surface area (Å²) < 4.78 is 69.3. The van der Waals surface area contributed by atoms with E-state index in [0.717, 1.165) is 24.3 Å². The summed E-state index contributed by atoms with van der Waals surface area (Å²) in [5, 5.41) is 20.9. The highest BCUT2D eigenvalue weighted by Gasteiger charge is 2.57. The maximum atomic E-state index is 14.0. The lowest BCUT2D eigenvalue weighted by molar-refractivity contribution is -0.262. The van der Waals surface area contributed by atoms with Crippen molar-refractivity contribution in [2.45, 2.75) is 37.5 Å². The molecule has 0 spiro atoms. The molecule has 0 aromatic heterocycles. The van der Waals surface area contributed by atoms with Crippen molar-refractivity contribution in [1.29, 1.82) is 0 Å². The Labute approximate surface area is 171 Å². The van der Waals surface area contributed by atoms with Crippen LogP contribution in [0.4, 0.5) is 27.6 Å².